The first-order chi connectivity index (χ1) is 12.6. The zero-order valence-electron chi connectivity index (χ0n) is 13.6. The monoisotopic (exact) mass is 342 g/mol. The van der Waals surface area contributed by atoms with E-state index in [4.69, 9.17) is 5.11 Å². The van der Waals surface area contributed by atoms with Gasteiger partial charge in [0.25, 0.3) is 5.91 Å². The van der Waals surface area contributed by atoms with Gasteiger partial charge in [-0.25, -0.2) is 9.78 Å². The lowest BCUT2D eigenvalue weighted by molar-refractivity contribution is 0.0696. The van der Waals surface area contributed by atoms with Crippen LogP contribution in [0.3, 0.4) is 0 Å². The van der Waals surface area contributed by atoms with Crippen molar-refractivity contribution < 1.29 is 14.7 Å². The van der Waals surface area contributed by atoms with E-state index < -0.39 is 5.97 Å². The van der Waals surface area contributed by atoms with Crippen LogP contribution in [-0.2, 0) is 0 Å². The van der Waals surface area contributed by atoms with Crippen LogP contribution in [0.2, 0.25) is 0 Å². The lowest BCUT2D eigenvalue weighted by atomic mass is 10.1. The largest absolute Gasteiger partial charge is 0.478 e. The minimum atomic E-state index is -1.01. The maximum Gasteiger partial charge on any atom is 0.335 e. The second-order valence-electron chi connectivity index (χ2n) is 5.38. The highest BCUT2D eigenvalue weighted by Gasteiger charge is 2.07. The number of carboxylic acid groups (broad SMARTS) is 1. The van der Waals surface area contributed by atoms with E-state index in [1.54, 1.807) is 36.5 Å². The first-order valence-electron chi connectivity index (χ1n) is 7.80. The molecule has 5 heteroatoms. The molecular weight excluding hydrogens is 328 g/mol. The van der Waals surface area contributed by atoms with Crippen molar-refractivity contribution in [3.8, 4) is 11.8 Å². The summed E-state index contributed by atoms with van der Waals surface area (Å²) in [4.78, 5) is 27.4. The fraction of sp³-hybridized carbons (Fsp3) is 0. The number of carbonyl (C=O) groups excluding carboxylic acids is 1. The zero-order chi connectivity index (χ0) is 18.4. The van der Waals surface area contributed by atoms with E-state index in [1.165, 1.54) is 12.1 Å². The number of nitrogens with zero attached hydrogens (tertiary/aromatic N) is 1. The summed E-state index contributed by atoms with van der Waals surface area (Å²) in [6, 6.07) is 18.4. The van der Waals surface area contributed by atoms with Crippen molar-refractivity contribution >= 4 is 17.6 Å². The number of aromatic carboxylic acids is 1. The molecule has 2 aromatic carbocycles. The molecule has 5 nitrogen and oxygen atoms in total. The Morgan fingerprint density at radius 2 is 1.69 bits per heavy atom. The molecule has 126 valence electrons. The van der Waals surface area contributed by atoms with Gasteiger partial charge in [0.05, 0.1) is 5.56 Å². The molecule has 3 rings (SSSR count). The molecule has 0 radical (unpaired) electrons. The highest BCUT2D eigenvalue weighted by Crippen LogP contribution is 2.12. The molecule has 0 fully saturated rings. The highest BCUT2D eigenvalue weighted by atomic mass is 16.4. The molecule has 0 aliphatic rings. The molecule has 0 unspecified atom stereocenters. The van der Waals surface area contributed by atoms with Gasteiger partial charge in [-0.05, 0) is 60.5 Å². The number of rotatable bonds is 3. The van der Waals surface area contributed by atoms with E-state index in [0.717, 1.165) is 0 Å². The second-order valence-corrected chi connectivity index (χ2v) is 5.38. The summed E-state index contributed by atoms with van der Waals surface area (Å²) in [6.45, 7) is 0. The van der Waals surface area contributed by atoms with Gasteiger partial charge in [-0.1, -0.05) is 18.1 Å². The van der Waals surface area contributed by atoms with Crippen molar-refractivity contribution in [2.24, 2.45) is 0 Å². The summed E-state index contributed by atoms with van der Waals surface area (Å²) < 4.78 is 0. The zero-order valence-corrected chi connectivity index (χ0v) is 13.6. The van der Waals surface area contributed by atoms with Gasteiger partial charge in [0, 0.05) is 23.0 Å². The summed E-state index contributed by atoms with van der Waals surface area (Å²) in [6.07, 6.45) is 1.67. The average molecular weight is 342 g/mol. The van der Waals surface area contributed by atoms with Crippen LogP contribution >= 0.6 is 0 Å². The molecule has 0 atom stereocenters. The number of hydrogen-bond donors (Lipinski definition) is 2. The fourth-order valence-electron chi connectivity index (χ4n) is 2.21. The van der Waals surface area contributed by atoms with Crippen molar-refractivity contribution in [3.63, 3.8) is 0 Å². The van der Waals surface area contributed by atoms with Gasteiger partial charge in [-0.2, -0.15) is 0 Å². The van der Waals surface area contributed by atoms with Gasteiger partial charge in [0.2, 0.25) is 0 Å². The minimum absolute atomic E-state index is 0.162. The van der Waals surface area contributed by atoms with Crippen LogP contribution in [0.5, 0.6) is 0 Å². The first kappa shape index (κ1) is 16.9. The van der Waals surface area contributed by atoms with Gasteiger partial charge in [-0.3, -0.25) is 4.79 Å². The number of hydrogen-bond acceptors (Lipinski definition) is 3. The molecule has 3 aromatic rings. The van der Waals surface area contributed by atoms with Crippen LogP contribution < -0.4 is 5.32 Å². The van der Waals surface area contributed by atoms with E-state index in [0.29, 0.717) is 22.5 Å². The van der Waals surface area contributed by atoms with E-state index in [-0.39, 0.29) is 11.5 Å². The lowest BCUT2D eigenvalue weighted by Gasteiger charge is -2.06. The fourth-order valence-corrected chi connectivity index (χ4v) is 2.21. The summed E-state index contributed by atoms with van der Waals surface area (Å²) in [7, 11) is 0. The van der Waals surface area contributed by atoms with E-state index in [1.807, 2.05) is 24.3 Å². The Bertz CT molecular complexity index is 1000. The van der Waals surface area contributed by atoms with Gasteiger partial charge < -0.3 is 10.4 Å². The summed E-state index contributed by atoms with van der Waals surface area (Å²) in [5.74, 6) is 4.62. The van der Waals surface area contributed by atoms with Crippen molar-refractivity contribution in [3.05, 3.63) is 95.3 Å². The van der Waals surface area contributed by atoms with Crippen LogP contribution in [0.25, 0.3) is 0 Å². The van der Waals surface area contributed by atoms with E-state index in [2.05, 4.69) is 22.1 Å². The Balaban J connectivity index is 1.74. The number of nitrogens with one attached hydrogen (secondary N) is 1. The quantitative estimate of drug-likeness (QED) is 0.715. The maximum absolute atomic E-state index is 12.4. The molecule has 0 aliphatic carbocycles. The number of anilines is 1. The Labute approximate surface area is 150 Å². The SMILES string of the molecule is O=C(O)c1ccc(NC(=O)c2cccc(C#Cc3ccccn3)c2)cc1. The third-order valence-electron chi connectivity index (χ3n) is 3.51. The maximum atomic E-state index is 12.4. The molecule has 0 saturated heterocycles. The van der Waals surface area contributed by atoms with Crippen LogP contribution in [-0.4, -0.2) is 22.0 Å². The van der Waals surface area contributed by atoms with Crippen LogP contribution in [0.4, 0.5) is 5.69 Å². The van der Waals surface area contributed by atoms with Gasteiger partial charge in [-0.15, -0.1) is 0 Å². The van der Waals surface area contributed by atoms with Crippen LogP contribution in [0.1, 0.15) is 32.0 Å². The number of amides is 1. The van der Waals surface area contributed by atoms with Gasteiger partial charge in [0.1, 0.15) is 5.69 Å². The summed E-state index contributed by atoms with van der Waals surface area (Å²) in [5.41, 5.74) is 2.49. The Kier molecular flexibility index (Phi) is 5.06. The topological polar surface area (TPSA) is 79.3 Å². The third kappa shape index (κ3) is 4.34. The van der Waals surface area contributed by atoms with Crippen molar-refractivity contribution in [2.45, 2.75) is 0 Å². The molecular formula is C21H14N2O3. The lowest BCUT2D eigenvalue weighted by Crippen LogP contribution is -2.12. The van der Waals surface area contributed by atoms with Crippen LogP contribution in [0.15, 0.2) is 72.9 Å². The molecule has 1 aromatic heterocycles. The number of aromatic nitrogens is 1. The average Bonchev–Trinajstić information content (AvgIpc) is 2.68. The molecule has 0 saturated carbocycles. The Hall–Kier alpha value is -3.91. The summed E-state index contributed by atoms with van der Waals surface area (Å²) >= 11 is 0. The summed E-state index contributed by atoms with van der Waals surface area (Å²) in [5, 5.41) is 11.6. The molecule has 1 amide bonds. The molecule has 0 spiro atoms. The molecule has 0 aliphatic heterocycles. The van der Waals surface area contributed by atoms with Crippen molar-refractivity contribution in [1.82, 2.24) is 4.98 Å². The standard InChI is InChI=1S/C21H14N2O3/c24-20(23-19-11-8-16(9-12-19)21(25)26)17-5-3-4-15(14-17)7-10-18-6-1-2-13-22-18/h1-6,8-9,11-14H,(H,23,24)(H,25,26). The normalized spacial score (nSPS) is 9.69. The first-order valence-corrected chi connectivity index (χ1v) is 7.80. The van der Waals surface area contributed by atoms with E-state index in [9.17, 15) is 9.59 Å². The minimum Gasteiger partial charge on any atom is -0.478 e. The number of benzene rings is 2. The molecule has 2 N–H and O–H groups in total. The molecule has 26 heavy (non-hydrogen) atoms. The Morgan fingerprint density at radius 1 is 0.885 bits per heavy atom. The van der Waals surface area contributed by atoms with Gasteiger partial charge >= 0.3 is 5.97 Å². The highest BCUT2D eigenvalue weighted by molar-refractivity contribution is 6.04. The Morgan fingerprint density at radius 3 is 2.38 bits per heavy atom. The van der Waals surface area contributed by atoms with Gasteiger partial charge in [0.15, 0.2) is 0 Å². The number of pyridine rings is 1. The van der Waals surface area contributed by atoms with Crippen molar-refractivity contribution in [1.29, 1.82) is 0 Å². The second kappa shape index (κ2) is 7.77. The number of carbonyl (C=O) groups is 2. The molecule has 1 heterocycles. The van der Waals surface area contributed by atoms with E-state index >= 15 is 0 Å². The number of carboxylic acids is 1. The third-order valence-corrected chi connectivity index (χ3v) is 3.51. The van der Waals surface area contributed by atoms with Crippen LogP contribution in [0, 0.1) is 11.8 Å². The molecule has 0 bridgehead atoms. The smallest absolute Gasteiger partial charge is 0.335 e. The predicted octanol–water partition coefficient (Wildman–Crippen LogP) is 3.43. The van der Waals surface area contributed by atoms with Crippen molar-refractivity contribution in [2.75, 3.05) is 5.32 Å². The predicted molar refractivity (Wildman–Crippen MR) is 98.0 cm³/mol.